The zero-order chi connectivity index (χ0) is 10.0. The summed E-state index contributed by atoms with van der Waals surface area (Å²) in [5.41, 5.74) is 3.28. The number of anilines is 1. The molecule has 0 amide bonds. The predicted octanol–water partition coefficient (Wildman–Crippen LogP) is 1.55. The van der Waals surface area contributed by atoms with Gasteiger partial charge in [0.05, 0.1) is 16.8 Å². The number of carbonyl (C=O) groups excluding carboxylic acids is 1. The third-order valence-electron chi connectivity index (χ3n) is 1.49. The summed E-state index contributed by atoms with van der Waals surface area (Å²) in [6, 6.07) is 0. The van der Waals surface area contributed by atoms with Crippen molar-refractivity contribution < 1.29 is 18.0 Å². The van der Waals surface area contributed by atoms with Crippen molar-refractivity contribution in [1.29, 1.82) is 0 Å². The second-order valence-corrected chi connectivity index (χ2v) is 2.25. The highest BCUT2D eigenvalue weighted by Crippen LogP contribution is 2.28. The van der Waals surface area contributed by atoms with Crippen molar-refractivity contribution in [3.8, 4) is 0 Å². The summed E-state index contributed by atoms with van der Waals surface area (Å²) < 4.78 is 36.9. The van der Waals surface area contributed by atoms with Gasteiger partial charge in [0.25, 0.3) is 6.43 Å². The molecule has 3 nitrogen and oxygen atoms in total. The zero-order valence-electron chi connectivity index (χ0n) is 6.30. The number of nitrogens with zero attached hydrogens (tertiary/aromatic N) is 1. The molecule has 0 saturated heterocycles. The van der Waals surface area contributed by atoms with Crippen LogP contribution >= 0.6 is 0 Å². The van der Waals surface area contributed by atoms with Crippen molar-refractivity contribution in [3.05, 3.63) is 23.3 Å². The van der Waals surface area contributed by atoms with Crippen molar-refractivity contribution in [2.24, 2.45) is 0 Å². The molecule has 70 valence electrons. The monoisotopic (exact) mass is 190 g/mol. The van der Waals surface area contributed by atoms with E-state index in [1.165, 1.54) is 0 Å². The first-order chi connectivity index (χ1) is 6.07. The van der Waals surface area contributed by atoms with E-state index < -0.39 is 23.6 Å². The summed E-state index contributed by atoms with van der Waals surface area (Å²) in [7, 11) is 0. The molecule has 0 aliphatic carbocycles. The smallest absolute Gasteiger partial charge is 0.270 e. The van der Waals surface area contributed by atoms with Crippen LogP contribution in [0.2, 0.25) is 0 Å². The molecule has 2 N–H and O–H groups in total. The van der Waals surface area contributed by atoms with E-state index >= 15 is 0 Å². The van der Waals surface area contributed by atoms with Crippen LogP contribution in [0.15, 0.2) is 6.20 Å². The fraction of sp³-hybridized carbons (Fsp3) is 0.143. The lowest BCUT2D eigenvalue weighted by atomic mass is 10.1. The molecule has 0 spiro atoms. The summed E-state index contributed by atoms with van der Waals surface area (Å²) in [4.78, 5) is 13.2. The molecule has 1 aromatic heterocycles. The molecule has 6 heteroatoms. The van der Waals surface area contributed by atoms with Gasteiger partial charge in [-0.2, -0.15) is 4.39 Å². The minimum Gasteiger partial charge on any atom is -0.398 e. The van der Waals surface area contributed by atoms with Gasteiger partial charge in [0.1, 0.15) is 0 Å². The number of aldehydes is 1. The van der Waals surface area contributed by atoms with Crippen molar-refractivity contribution in [1.82, 2.24) is 4.98 Å². The van der Waals surface area contributed by atoms with Crippen LogP contribution in [0.25, 0.3) is 0 Å². The van der Waals surface area contributed by atoms with E-state index in [4.69, 9.17) is 5.73 Å². The molecule has 13 heavy (non-hydrogen) atoms. The second-order valence-electron chi connectivity index (χ2n) is 2.25. The minimum atomic E-state index is -3.08. The maximum atomic E-state index is 12.6. The Morgan fingerprint density at radius 3 is 2.62 bits per heavy atom. The Morgan fingerprint density at radius 2 is 2.15 bits per heavy atom. The third-order valence-corrected chi connectivity index (χ3v) is 1.49. The van der Waals surface area contributed by atoms with Gasteiger partial charge in [-0.25, -0.2) is 13.8 Å². The van der Waals surface area contributed by atoms with E-state index in [0.29, 0.717) is 0 Å². The first kappa shape index (κ1) is 9.50. The number of halogens is 3. The van der Waals surface area contributed by atoms with Gasteiger partial charge < -0.3 is 5.73 Å². The number of rotatable bonds is 2. The molecule has 1 rings (SSSR count). The van der Waals surface area contributed by atoms with Crippen LogP contribution in [0.1, 0.15) is 22.3 Å². The fourth-order valence-corrected chi connectivity index (χ4v) is 0.833. The molecular weight excluding hydrogens is 185 g/mol. The standard InChI is InChI=1S/C7H5F3N2O/c8-6(9)4-5(11)3(2-13)1-12-7(4)10/h1-2,6H,(H2,11,12). The molecule has 0 radical (unpaired) electrons. The van der Waals surface area contributed by atoms with Crippen LogP contribution in [0.5, 0.6) is 0 Å². The third kappa shape index (κ3) is 1.61. The average Bonchev–Trinajstić information content (AvgIpc) is 2.04. The van der Waals surface area contributed by atoms with Crippen molar-refractivity contribution >= 4 is 12.0 Å². The Balaban J connectivity index is 3.38. The number of nitrogens with two attached hydrogens (primary N) is 1. The van der Waals surface area contributed by atoms with Crippen LogP contribution in [-0.4, -0.2) is 11.3 Å². The largest absolute Gasteiger partial charge is 0.398 e. The summed E-state index contributed by atoms with van der Waals surface area (Å²) in [5, 5.41) is 0. The molecule has 0 aromatic carbocycles. The number of carbonyl (C=O) groups is 1. The summed E-state index contributed by atoms with van der Waals surface area (Å²) in [5.74, 6) is -1.35. The first-order valence-electron chi connectivity index (χ1n) is 3.25. The molecule has 0 bridgehead atoms. The van der Waals surface area contributed by atoms with Gasteiger partial charge in [0.15, 0.2) is 6.29 Å². The number of pyridine rings is 1. The Labute approximate surface area is 71.4 Å². The van der Waals surface area contributed by atoms with Gasteiger partial charge >= 0.3 is 0 Å². The number of hydrogen-bond donors (Lipinski definition) is 1. The van der Waals surface area contributed by atoms with E-state index in [9.17, 15) is 18.0 Å². The molecule has 0 fully saturated rings. The zero-order valence-corrected chi connectivity index (χ0v) is 6.30. The number of aromatic nitrogens is 1. The second kappa shape index (κ2) is 3.42. The van der Waals surface area contributed by atoms with Crippen LogP contribution < -0.4 is 5.73 Å². The van der Waals surface area contributed by atoms with Crippen LogP contribution in [0, 0.1) is 5.95 Å². The van der Waals surface area contributed by atoms with E-state index in [-0.39, 0.29) is 11.8 Å². The minimum absolute atomic E-state index is 0.239. The van der Waals surface area contributed by atoms with E-state index in [2.05, 4.69) is 4.98 Å². The van der Waals surface area contributed by atoms with E-state index in [0.717, 1.165) is 6.20 Å². The highest BCUT2D eigenvalue weighted by Gasteiger charge is 2.20. The highest BCUT2D eigenvalue weighted by atomic mass is 19.3. The molecular formula is C7H5F3N2O. The van der Waals surface area contributed by atoms with Crippen molar-refractivity contribution in [2.45, 2.75) is 6.43 Å². The van der Waals surface area contributed by atoms with Crippen LogP contribution in [0.4, 0.5) is 18.9 Å². The lowest BCUT2D eigenvalue weighted by molar-refractivity contribution is 0.112. The molecule has 0 unspecified atom stereocenters. The highest BCUT2D eigenvalue weighted by molar-refractivity contribution is 5.83. The molecule has 1 heterocycles. The number of nitrogen functional groups attached to an aromatic ring is 1. The molecule has 0 aliphatic rings. The van der Waals surface area contributed by atoms with E-state index in [1.54, 1.807) is 0 Å². The Kier molecular flexibility index (Phi) is 2.50. The Morgan fingerprint density at radius 1 is 1.54 bits per heavy atom. The summed E-state index contributed by atoms with van der Waals surface area (Å²) in [6.45, 7) is 0. The van der Waals surface area contributed by atoms with Gasteiger partial charge in [0.2, 0.25) is 5.95 Å². The van der Waals surface area contributed by atoms with Gasteiger partial charge in [0, 0.05) is 6.20 Å². The Hall–Kier alpha value is -1.59. The maximum Gasteiger partial charge on any atom is 0.270 e. The molecule has 0 aliphatic heterocycles. The van der Waals surface area contributed by atoms with Crippen molar-refractivity contribution in [2.75, 3.05) is 5.73 Å². The van der Waals surface area contributed by atoms with Crippen LogP contribution in [0.3, 0.4) is 0 Å². The van der Waals surface area contributed by atoms with Gasteiger partial charge in [-0.3, -0.25) is 4.79 Å². The normalized spacial score (nSPS) is 10.5. The molecule has 0 atom stereocenters. The maximum absolute atomic E-state index is 12.6. The van der Waals surface area contributed by atoms with Crippen LogP contribution in [-0.2, 0) is 0 Å². The predicted molar refractivity (Wildman–Crippen MR) is 39.0 cm³/mol. The lowest BCUT2D eigenvalue weighted by Gasteiger charge is -2.06. The van der Waals surface area contributed by atoms with E-state index in [1.807, 2.05) is 0 Å². The average molecular weight is 190 g/mol. The lowest BCUT2D eigenvalue weighted by Crippen LogP contribution is -2.05. The quantitative estimate of drug-likeness (QED) is 0.568. The SMILES string of the molecule is Nc1c(C=O)cnc(F)c1C(F)F. The topological polar surface area (TPSA) is 56.0 Å². The van der Waals surface area contributed by atoms with Gasteiger partial charge in [-0.15, -0.1) is 0 Å². The fourth-order valence-electron chi connectivity index (χ4n) is 0.833. The molecule has 1 aromatic rings. The number of hydrogen-bond acceptors (Lipinski definition) is 3. The summed E-state index contributed by atoms with van der Waals surface area (Å²) >= 11 is 0. The summed E-state index contributed by atoms with van der Waals surface area (Å²) in [6.07, 6.45) is -2.02. The molecule has 0 saturated carbocycles. The first-order valence-corrected chi connectivity index (χ1v) is 3.25. The number of alkyl halides is 2. The van der Waals surface area contributed by atoms with Crippen molar-refractivity contribution in [3.63, 3.8) is 0 Å². The van der Waals surface area contributed by atoms with Gasteiger partial charge in [-0.05, 0) is 0 Å². The van der Waals surface area contributed by atoms with Gasteiger partial charge in [-0.1, -0.05) is 0 Å². The Bertz CT molecular complexity index is 341.